The molecular formula is C20H17N3O. The van der Waals surface area contributed by atoms with Crippen molar-refractivity contribution >= 4 is 11.6 Å². The Labute approximate surface area is 140 Å². The first-order valence-electron chi connectivity index (χ1n) is 8.04. The number of para-hydroxylation sites is 1. The first-order valence-corrected chi connectivity index (χ1v) is 8.04. The summed E-state index contributed by atoms with van der Waals surface area (Å²) in [5.74, 6) is -0.0976. The largest absolute Gasteiger partial charge is 0.304 e. The molecule has 24 heavy (non-hydrogen) atoms. The normalized spacial score (nSPS) is 16.0. The molecule has 4 rings (SSSR count). The highest BCUT2D eigenvalue weighted by Gasteiger charge is 2.31. The van der Waals surface area contributed by atoms with E-state index in [9.17, 15) is 4.79 Å². The maximum atomic E-state index is 12.9. The quantitative estimate of drug-likeness (QED) is 0.724. The average molecular weight is 315 g/mol. The molecule has 3 aromatic rings. The van der Waals surface area contributed by atoms with E-state index < -0.39 is 0 Å². The fourth-order valence-corrected chi connectivity index (χ4v) is 3.21. The van der Waals surface area contributed by atoms with Crippen LogP contribution in [0, 0.1) is 0 Å². The Morgan fingerprint density at radius 3 is 2.46 bits per heavy atom. The molecule has 0 bridgehead atoms. The number of carbonyl (C=O) groups is 1. The van der Waals surface area contributed by atoms with Crippen LogP contribution in [-0.2, 0) is 6.42 Å². The molecule has 0 spiro atoms. The van der Waals surface area contributed by atoms with Crippen LogP contribution in [0.1, 0.15) is 23.0 Å². The van der Waals surface area contributed by atoms with Crippen LogP contribution in [0.2, 0.25) is 0 Å². The summed E-state index contributed by atoms with van der Waals surface area (Å²) in [7, 11) is 0. The molecule has 1 aromatic heterocycles. The molecule has 0 saturated carbocycles. The van der Waals surface area contributed by atoms with Crippen LogP contribution in [0.25, 0.3) is 11.3 Å². The van der Waals surface area contributed by atoms with E-state index in [0.29, 0.717) is 5.69 Å². The third-order valence-corrected chi connectivity index (χ3v) is 4.38. The number of hydrogen-bond donors (Lipinski definition) is 0. The van der Waals surface area contributed by atoms with Gasteiger partial charge in [0.05, 0.1) is 5.69 Å². The lowest BCUT2D eigenvalue weighted by Gasteiger charge is -2.22. The summed E-state index contributed by atoms with van der Waals surface area (Å²) in [6.07, 6.45) is 0.872. The van der Waals surface area contributed by atoms with Gasteiger partial charge >= 0.3 is 0 Å². The Morgan fingerprint density at radius 1 is 0.958 bits per heavy atom. The molecule has 4 nitrogen and oxygen atoms in total. The van der Waals surface area contributed by atoms with Gasteiger partial charge < -0.3 is 4.90 Å². The lowest BCUT2D eigenvalue weighted by atomic mass is 10.1. The van der Waals surface area contributed by atoms with E-state index >= 15 is 0 Å². The zero-order chi connectivity index (χ0) is 16.5. The van der Waals surface area contributed by atoms with Crippen LogP contribution >= 0.6 is 0 Å². The highest BCUT2D eigenvalue weighted by atomic mass is 16.2. The predicted octanol–water partition coefficient (Wildman–Crippen LogP) is 3.74. The molecule has 0 aliphatic carbocycles. The molecule has 4 heteroatoms. The Hall–Kier alpha value is -3.01. The van der Waals surface area contributed by atoms with Crippen molar-refractivity contribution in [2.24, 2.45) is 0 Å². The van der Waals surface area contributed by atoms with Gasteiger partial charge in [0.15, 0.2) is 5.69 Å². The second-order valence-electron chi connectivity index (χ2n) is 6.03. The molecule has 1 aliphatic heterocycles. The van der Waals surface area contributed by atoms with Gasteiger partial charge in [-0.2, -0.15) is 0 Å². The summed E-state index contributed by atoms with van der Waals surface area (Å²) in [6, 6.07) is 21.6. The van der Waals surface area contributed by atoms with Gasteiger partial charge in [-0.25, -0.2) is 0 Å². The van der Waals surface area contributed by atoms with Crippen molar-refractivity contribution in [3.8, 4) is 11.3 Å². The molecule has 1 aliphatic rings. The summed E-state index contributed by atoms with van der Waals surface area (Å²) in [5.41, 5.74) is 4.31. The van der Waals surface area contributed by atoms with E-state index in [1.165, 1.54) is 5.56 Å². The molecule has 0 radical (unpaired) electrons. The minimum atomic E-state index is -0.0976. The van der Waals surface area contributed by atoms with Crippen molar-refractivity contribution in [1.82, 2.24) is 10.2 Å². The van der Waals surface area contributed by atoms with Gasteiger partial charge in [0, 0.05) is 17.3 Å². The van der Waals surface area contributed by atoms with Crippen LogP contribution in [-0.4, -0.2) is 22.1 Å². The monoisotopic (exact) mass is 315 g/mol. The van der Waals surface area contributed by atoms with Crippen LogP contribution in [0.5, 0.6) is 0 Å². The van der Waals surface area contributed by atoms with Gasteiger partial charge in [-0.3, -0.25) is 4.79 Å². The molecule has 2 heterocycles. The molecule has 1 unspecified atom stereocenters. The van der Waals surface area contributed by atoms with Crippen molar-refractivity contribution in [2.45, 2.75) is 19.4 Å². The summed E-state index contributed by atoms with van der Waals surface area (Å²) in [4.78, 5) is 14.7. The maximum Gasteiger partial charge on any atom is 0.279 e. The first-order chi connectivity index (χ1) is 11.7. The molecule has 1 amide bonds. The smallest absolute Gasteiger partial charge is 0.279 e. The van der Waals surface area contributed by atoms with Gasteiger partial charge in [0.25, 0.3) is 5.91 Å². The van der Waals surface area contributed by atoms with Gasteiger partial charge in [-0.1, -0.05) is 48.5 Å². The standard InChI is InChI=1S/C20H17N3O/c1-14-13-16-9-5-6-10-19(16)23(14)20(24)18-12-11-17(21-22-18)15-7-3-2-4-8-15/h2-12,14H,13H2,1H3. The number of amides is 1. The van der Waals surface area contributed by atoms with E-state index in [2.05, 4.69) is 23.2 Å². The van der Waals surface area contributed by atoms with E-state index in [4.69, 9.17) is 0 Å². The average Bonchev–Trinajstić information content (AvgIpc) is 2.98. The molecule has 0 fully saturated rings. The highest BCUT2D eigenvalue weighted by molar-refractivity contribution is 6.06. The summed E-state index contributed by atoms with van der Waals surface area (Å²) in [5, 5.41) is 8.39. The Morgan fingerprint density at radius 2 is 1.71 bits per heavy atom. The second kappa shape index (κ2) is 5.89. The zero-order valence-corrected chi connectivity index (χ0v) is 13.4. The lowest BCUT2D eigenvalue weighted by Crippen LogP contribution is -2.36. The van der Waals surface area contributed by atoms with Crippen molar-refractivity contribution in [2.75, 3.05) is 4.90 Å². The fourth-order valence-electron chi connectivity index (χ4n) is 3.21. The SMILES string of the molecule is CC1Cc2ccccc2N1C(=O)c1ccc(-c2ccccc2)nn1. The summed E-state index contributed by atoms with van der Waals surface area (Å²) >= 11 is 0. The van der Waals surface area contributed by atoms with E-state index in [1.807, 2.05) is 59.5 Å². The van der Waals surface area contributed by atoms with Crippen LogP contribution in [0.3, 0.4) is 0 Å². The van der Waals surface area contributed by atoms with Crippen molar-refractivity contribution in [1.29, 1.82) is 0 Å². The minimum absolute atomic E-state index is 0.0976. The topological polar surface area (TPSA) is 46.1 Å². The molecular weight excluding hydrogens is 298 g/mol. The Bertz CT molecular complexity index is 875. The number of rotatable bonds is 2. The maximum absolute atomic E-state index is 12.9. The van der Waals surface area contributed by atoms with E-state index in [1.54, 1.807) is 6.07 Å². The molecule has 118 valence electrons. The van der Waals surface area contributed by atoms with Crippen LogP contribution in [0.4, 0.5) is 5.69 Å². The molecule has 0 N–H and O–H groups in total. The van der Waals surface area contributed by atoms with E-state index in [-0.39, 0.29) is 11.9 Å². The third-order valence-electron chi connectivity index (χ3n) is 4.38. The molecule has 2 aromatic carbocycles. The highest BCUT2D eigenvalue weighted by Crippen LogP contribution is 2.32. The second-order valence-corrected chi connectivity index (χ2v) is 6.03. The number of benzene rings is 2. The number of aromatic nitrogens is 2. The number of hydrogen-bond acceptors (Lipinski definition) is 3. The van der Waals surface area contributed by atoms with Crippen molar-refractivity contribution in [3.63, 3.8) is 0 Å². The Kier molecular flexibility index (Phi) is 3.58. The van der Waals surface area contributed by atoms with Gasteiger partial charge in [-0.05, 0) is 37.1 Å². The number of fused-ring (bicyclic) bond motifs is 1. The van der Waals surface area contributed by atoms with Gasteiger partial charge in [0.2, 0.25) is 0 Å². The van der Waals surface area contributed by atoms with Crippen LogP contribution < -0.4 is 4.90 Å². The van der Waals surface area contributed by atoms with Crippen LogP contribution in [0.15, 0.2) is 66.7 Å². The first kappa shape index (κ1) is 14.6. The Balaban J connectivity index is 1.64. The number of anilines is 1. The van der Waals surface area contributed by atoms with Crippen molar-refractivity contribution in [3.05, 3.63) is 78.0 Å². The molecule has 0 saturated heterocycles. The minimum Gasteiger partial charge on any atom is -0.304 e. The number of carbonyl (C=O) groups excluding carboxylic acids is 1. The van der Waals surface area contributed by atoms with Gasteiger partial charge in [-0.15, -0.1) is 10.2 Å². The third kappa shape index (κ3) is 2.46. The molecule has 1 atom stereocenters. The van der Waals surface area contributed by atoms with Crippen molar-refractivity contribution < 1.29 is 4.79 Å². The van der Waals surface area contributed by atoms with Gasteiger partial charge in [0.1, 0.15) is 0 Å². The summed E-state index contributed by atoms with van der Waals surface area (Å²) in [6.45, 7) is 2.06. The fraction of sp³-hybridized carbons (Fsp3) is 0.150. The predicted molar refractivity (Wildman–Crippen MR) is 93.9 cm³/mol. The van der Waals surface area contributed by atoms with E-state index in [0.717, 1.165) is 23.4 Å². The number of nitrogens with zero attached hydrogens (tertiary/aromatic N) is 3. The lowest BCUT2D eigenvalue weighted by molar-refractivity contribution is 0.0975. The zero-order valence-electron chi connectivity index (χ0n) is 13.4. The summed E-state index contributed by atoms with van der Waals surface area (Å²) < 4.78 is 0.